The van der Waals surface area contributed by atoms with E-state index >= 15 is 0 Å². The van der Waals surface area contributed by atoms with Gasteiger partial charge < -0.3 is 10.4 Å². The SMILES string of the molecule is CC(O)Cn1cc(Nc2nccc(-c3cnn(C4(CC#N)CN(S(C)(=O)=O)C4)c3)n2)cn1. The van der Waals surface area contributed by atoms with Crippen LogP contribution in [0.15, 0.2) is 37.1 Å². The second-order valence-corrected chi connectivity index (χ2v) is 9.94. The molecule has 1 unspecified atom stereocenters. The van der Waals surface area contributed by atoms with E-state index in [0.29, 0.717) is 23.9 Å². The Bertz CT molecular complexity index is 1250. The quantitative estimate of drug-likeness (QED) is 0.493. The Balaban J connectivity index is 1.52. The molecule has 13 heteroatoms. The van der Waals surface area contributed by atoms with Gasteiger partial charge in [-0.1, -0.05) is 0 Å². The Hall–Kier alpha value is -3.34. The first-order chi connectivity index (χ1) is 15.2. The number of rotatable bonds is 8. The summed E-state index contributed by atoms with van der Waals surface area (Å²) in [7, 11) is -3.32. The van der Waals surface area contributed by atoms with Gasteiger partial charge in [0.25, 0.3) is 0 Å². The van der Waals surface area contributed by atoms with Gasteiger partial charge in [-0.3, -0.25) is 9.36 Å². The van der Waals surface area contributed by atoms with Crippen LogP contribution in [0.2, 0.25) is 0 Å². The molecule has 4 rings (SSSR count). The van der Waals surface area contributed by atoms with E-state index in [9.17, 15) is 18.8 Å². The van der Waals surface area contributed by atoms with Gasteiger partial charge in [0.2, 0.25) is 16.0 Å². The number of anilines is 2. The first-order valence-corrected chi connectivity index (χ1v) is 11.7. The van der Waals surface area contributed by atoms with Crippen LogP contribution >= 0.6 is 0 Å². The molecule has 0 aliphatic carbocycles. The first kappa shape index (κ1) is 21.9. The zero-order chi connectivity index (χ0) is 22.9. The normalized spacial score (nSPS) is 16.8. The van der Waals surface area contributed by atoms with Crippen LogP contribution in [0.5, 0.6) is 0 Å². The average molecular weight is 458 g/mol. The summed E-state index contributed by atoms with van der Waals surface area (Å²) >= 11 is 0. The van der Waals surface area contributed by atoms with Gasteiger partial charge in [0.05, 0.1) is 55.2 Å². The maximum Gasteiger partial charge on any atom is 0.227 e. The van der Waals surface area contributed by atoms with Crippen LogP contribution in [-0.4, -0.2) is 72.8 Å². The Kier molecular flexibility index (Phi) is 5.68. The zero-order valence-electron chi connectivity index (χ0n) is 17.6. The molecule has 2 N–H and O–H groups in total. The van der Waals surface area contributed by atoms with Crippen molar-refractivity contribution >= 4 is 21.7 Å². The second-order valence-electron chi connectivity index (χ2n) is 7.95. The van der Waals surface area contributed by atoms with Crippen LogP contribution in [0, 0.1) is 11.3 Å². The molecule has 4 heterocycles. The predicted octanol–water partition coefficient (Wildman–Crippen LogP) is 0.545. The third-order valence-electron chi connectivity index (χ3n) is 5.18. The van der Waals surface area contributed by atoms with Crippen molar-refractivity contribution in [3.63, 3.8) is 0 Å². The van der Waals surface area contributed by atoms with Crippen LogP contribution in [0.1, 0.15) is 13.3 Å². The lowest BCUT2D eigenvalue weighted by Crippen LogP contribution is -2.63. The number of sulfonamides is 1. The van der Waals surface area contributed by atoms with E-state index in [1.165, 1.54) is 4.31 Å². The van der Waals surface area contributed by atoms with Crippen molar-refractivity contribution in [2.75, 3.05) is 24.7 Å². The molecule has 1 aliphatic rings. The third-order valence-corrected chi connectivity index (χ3v) is 6.38. The van der Waals surface area contributed by atoms with E-state index in [0.717, 1.165) is 11.8 Å². The minimum Gasteiger partial charge on any atom is -0.391 e. The molecular weight excluding hydrogens is 434 g/mol. The molecule has 0 aromatic carbocycles. The molecule has 0 radical (unpaired) electrons. The van der Waals surface area contributed by atoms with E-state index in [4.69, 9.17) is 0 Å². The topological polar surface area (TPSA) is 155 Å². The van der Waals surface area contributed by atoms with Gasteiger partial charge in [-0.25, -0.2) is 18.4 Å². The molecule has 1 atom stereocenters. The molecule has 0 amide bonds. The molecular formula is C19H23N9O3S. The van der Waals surface area contributed by atoms with Gasteiger partial charge >= 0.3 is 0 Å². The molecule has 0 spiro atoms. The van der Waals surface area contributed by atoms with Crippen LogP contribution < -0.4 is 5.32 Å². The molecule has 168 valence electrons. The maximum absolute atomic E-state index is 11.8. The lowest BCUT2D eigenvalue weighted by Gasteiger charge is -2.47. The van der Waals surface area contributed by atoms with Crippen LogP contribution in [0.3, 0.4) is 0 Å². The van der Waals surface area contributed by atoms with E-state index in [-0.39, 0.29) is 19.5 Å². The van der Waals surface area contributed by atoms with E-state index < -0.39 is 21.7 Å². The van der Waals surface area contributed by atoms with Gasteiger partial charge in [0.15, 0.2) is 0 Å². The van der Waals surface area contributed by atoms with Crippen molar-refractivity contribution < 1.29 is 13.5 Å². The molecule has 3 aromatic rings. The average Bonchev–Trinajstić information content (AvgIpc) is 3.33. The fourth-order valence-corrected chi connectivity index (χ4v) is 4.50. The highest BCUT2D eigenvalue weighted by Gasteiger charge is 2.49. The molecule has 32 heavy (non-hydrogen) atoms. The van der Waals surface area contributed by atoms with Gasteiger partial charge in [0.1, 0.15) is 5.54 Å². The van der Waals surface area contributed by atoms with Gasteiger partial charge in [-0.2, -0.15) is 19.8 Å². The maximum atomic E-state index is 11.8. The number of nitriles is 1. The summed E-state index contributed by atoms with van der Waals surface area (Å²) in [6.45, 7) is 2.47. The number of hydrogen-bond acceptors (Lipinski definition) is 9. The van der Waals surface area contributed by atoms with Crippen molar-refractivity contribution in [3.8, 4) is 17.3 Å². The van der Waals surface area contributed by atoms with Gasteiger partial charge in [-0.15, -0.1) is 0 Å². The molecule has 1 aliphatic heterocycles. The van der Waals surface area contributed by atoms with E-state index in [1.54, 1.807) is 53.3 Å². The smallest absolute Gasteiger partial charge is 0.227 e. The van der Waals surface area contributed by atoms with Crippen molar-refractivity contribution in [1.82, 2.24) is 33.8 Å². The molecule has 1 saturated heterocycles. The van der Waals surface area contributed by atoms with E-state index in [2.05, 4.69) is 31.6 Å². The highest BCUT2D eigenvalue weighted by molar-refractivity contribution is 7.88. The largest absolute Gasteiger partial charge is 0.391 e. The third kappa shape index (κ3) is 4.47. The Labute approximate surface area is 185 Å². The van der Waals surface area contributed by atoms with Crippen molar-refractivity contribution in [1.29, 1.82) is 5.26 Å². The standard InChI is InChI=1S/C19H23N9O3S/c1-14(29)9-26-11-16(8-22-26)24-18-21-6-3-17(25-18)15-7-23-28(10-15)19(4-5-20)12-27(13-19)32(2,30)31/h3,6-8,10-11,14,29H,4,9,12-13H2,1-2H3,(H,21,24,25). The summed E-state index contributed by atoms with van der Waals surface area (Å²) in [5, 5.41) is 30.4. The monoisotopic (exact) mass is 457 g/mol. The number of nitrogens with one attached hydrogen (secondary N) is 1. The number of hydrogen-bond donors (Lipinski definition) is 2. The number of nitrogens with zero attached hydrogens (tertiary/aromatic N) is 8. The summed E-state index contributed by atoms with van der Waals surface area (Å²) in [6, 6.07) is 3.88. The van der Waals surface area contributed by atoms with Crippen LogP contribution in [0.4, 0.5) is 11.6 Å². The summed E-state index contributed by atoms with van der Waals surface area (Å²) in [5.41, 5.74) is 1.33. The van der Waals surface area contributed by atoms with Crippen LogP contribution in [-0.2, 0) is 22.1 Å². The van der Waals surface area contributed by atoms with Gasteiger partial charge in [-0.05, 0) is 13.0 Å². The second kappa shape index (κ2) is 8.30. The fourth-order valence-electron chi connectivity index (χ4n) is 3.55. The number of aromatic nitrogens is 6. The predicted molar refractivity (Wildman–Crippen MR) is 115 cm³/mol. The molecule has 1 fully saturated rings. The molecule has 3 aromatic heterocycles. The first-order valence-electron chi connectivity index (χ1n) is 9.87. The van der Waals surface area contributed by atoms with Crippen molar-refractivity contribution in [2.45, 2.75) is 31.5 Å². The van der Waals surface area contributed by atoms with Gasteiger partial charge in [0, 0.05) is 37.2 Å². The molecule has 12 nitrogen and oxygen atoms in total. The summed E-state index contributed by atoms with van der Waals surface area (Å²) < 4.78 is 28.2. The lowest BCUT2D eigenvalue weighted by molar-refractivity contribution is 0.0724. The Morgan fingerprint density at radius 3 is 2.78 bits per heavy atom. The highest BCUT2D eigenvalue weighted by Crippen LogP contribution is 2.34. The Morgan fingerprint density at radius 1 is 1.31 bits per heavy atom. The lowest BCUT2D eigenvalue weighted by atomic mass is 9.89. The summed E-state index contributed by atoms with van der Waals surface area (Å²) in [5.74, 6) is 0.366. The Morgan fingerprint density at radius 2 is 2.09 bits per heavy atom. The zero-order valence-corrected chi connectivity index (χ0v) is 18.4. The fraction of sp³-hybridized carbons (Fsp3) is 0.421. The van der Waals surface area contributed by atoms with Crippen molar-refractivity contribution in [2.24, 2.45) is 0 Å². The highest BCUT2D eigenvalue weighted by atomic mass is 32.2. The minimum absolute atomic E-state index is 0.146. The van der Waals surface area contributed by atoms with Crippen molar-refractivity contribution in [3.05, 3.63) is 37.1 Å². The minimum atomic E-state index is -3.32. The molecule has 0 saturated carbocycles. The number of aliphatic hydroxyl groups excluding tert-OH is 1. The number of aliphatic hydroxyl groups is 1. The summed E-state index contributed by atoms with van der Waals surface area (Å²) in [4.78, 5) is 8.74. The van der Waals surface area contributed by atoms with Crippen LogP contribution in [0.25, 0.3) is 11.3 Å². The summed E-state index contributed by atoms with van der Waals surface area (Å²) in [6.07, 6.45) is 9.17. The molecule has 0 bridgehead atoms. The van der Waals surface area contributed by atoms with E-state index in [1.807, 2.05) is 0 Å².